The fraction of sp³-hybridized carbons (Fsp3) is 0.368. The number of ether oxygens (including phenoxy) is 1. The highest BCUT2D eigenvalue weighted by Gasteiger charge is 2.08. The predicted molar refractivity (Wildman–Crippen MR) is 90.3 cm³/mol. The largest absolute Gasteiger partial charge is 0.489 e. The van der Waals surface area contributed by atoms with Gasteiger partial charge in [0.15, 0.2) is 0 Å². The third-order valence-corrected chi connectivity index (χ3v) is 3.53. The lowest BCUT2D eigenvalue weighted by atomic mass is 10.1. The van der Waals surface area contributed by atoms with Crippen LogP contribution in [0, 0.1) is 20.8 Å². The van der Waals surface area contributed by atoms with E-state index >= 15 is 0 Å². The van der Waals surface area contributed by atoms with Gasteiger partial charge in [-0.25, -0.2) is 0 Å². The summed E-state index contributed by atoms with van der Waals surface area (Å²) in [7, 11) is 0. The van der Waals surface area contributed by atoms with Crippen molar-refractivity contribution in [2.24, 2.45) is 0 Å². The first kappa shape index (κ1) is 15.4. The molecule has 0 fully saturated rings. The van der Waals surface area contributed by atoms with Gasteiger partial charge in [-0.1, -0.05) is 30.7 Å². The zero-order chi connectivity index (χ0) is 15.2. The molecule has 1 atom stereocenters. The zero-order valence-corrected chi connectivity index (χ0v) is 13.4. The lowest BCUT2D eigenvalue weighted by molar-refractivity contribution is 0.210. The van der Waals surface area contributed by atoms with E-state index < -0.39 is 0 Å². The minimum absolute atomic E-state index is 0.175. The van der Waals surface area contributed by atoms with Gasteiger partial charge < -0.3 is 10.1 Å². The Labute approximate surface area is 128 Å². The van der Waals surface area contributed by atoms with Gasteiger partial charge >= 0.3 is 0 Å². The van der Waals surface area contributed by atoms with E-state index in [1.165, 1.54) is 22.4 Å². The fourth-order valence-electron chi connectivity index (χ4n) is 2.39. The van der Waals surface area contributed by atoms with Crippen LogP contribution in [-0.4, -0.2) is 12.6 Å². The molecule has 0 aliphatic carbocycles. The van der Waals surface area contributed by atoms with Gasteiger partial charge in [-0.3, -0.25) is 0 Å². The summed E-state index contributed by atoms with van der Waals surface area (Å²) in [5, 5.41) is 3.48. The number of rotatable bonds is 6. The van der Waals surface area contributed by atoms with E-state index in [-0.39, 0.29) is 6.10 Å². The first-order valence-electron chi connectivity index (χ1n) is 7.62. The zero-order valence-electron chi connectivity index (χ0n) is 13.4. The monoisotopic (exact) mass is 283 g/mol. The first-order chi connectivity index (χ1) is 10.1. The molecule has 2 aromatic rings. The van der Waals surface area contributed by atoms with Gasteiger partial charge in [0.25, 0.3) is 0 Å². The SMILES string of the molecule is CC[C@H](CNc1cc(C)cc(C)c1)Oc1ccc(C)cc1. The lowest BCUT2D eigenvalue weighted by Gasteiger charge is -2.19. The smallest absolute Gasteiger partial charge is 0.119 e. The van der Waals surface area contributed by atoms with E-state index in [9.17, 15) is 0 Å². The molecular formula is C19H25NO. The Morgan fingerprint density at radius 3 is 2.10 bits per heavy atom. The van der Waals surface area contributed by atoms with Gasteiger partial charge in [0, 0.05) is 5.69 Å². The predicted octanol–water partition coefficient (Wildman–Crippen LogP) is 4.88. The van der Waals surface area contributed by atoms with Crippen LogP contribution < -0.4 is 10.1 Å². The van der Waals surface area contributed by atoms with Gasteiger partial charge in [0.05, 0.1) is 6.54 Å². The molecule has 112 valence electrons. The van der Waals surface area contributed by atoms with Crippen LogP contribution in [0.15, 0.2) is 42.5 Å². The van der Waals surface area contributed by atoms with E-state index in [1.54, 1.807) is 0 Å². The second kappa shape index (κ2) is 7.16. The molecule has 1 N–H and O–H groups in total. The standard InChI is InChI=1S/C19H25NO/c1-5-18(21-19-8-6-14(2)7-9-19)13-20-17-11-15(3)10-16(4)12-17/h6-12,18,20H,5,13H2,1-4H3/t18-/m1/s1. The maximum Gasteiger partial charge on any atom is 0.119 e. The molecule has 2 nitrogen and oxygen atoms in total. The van der Waals surface area contributed by atoms with Gasteiger partial charge in [-0.15, -0.1) is 0 Å². The third kappa shape index (κ3) is 4.82. The van der Waals surface area contributed by atoms with Crippen LogP contribution in [0.3, 0.4) is 0 Å². The van der Waals surface area contributed by atoms with Crippen molar-refractivity contribution in [2.45, 2.75) is 40.2 Å². The number of hydrogen-bond donors (Lipinski definition) is 1. The molecule has 0 radical (unpaired) electrons. The molecule has 21 heavy (non-hydrogen) atoms. The second-order valence-corrected chi connectivity index (χ2v) is 5.72. The van der Waals surface area contributed by atoms with Crippen molar-refractivity contribution in [2.75, 3.05) is 11.9 Å². The number of nitrogens with one attached hydrogen (secondary N) is 1. The van der Waals surface area contributed by atoms with Gasteiger partial charge in [-0.2, -0.15) is 0 Å². The Morgan fingerprint density at radius 1 is 0.905 bits per heavy atom. The summed E-state index contributed by atoms with van der Waals surface area (Å²) in [5.41, 5.74) is 4.98. The molecular weight excluding hydrogens is 258 g/mol. The highest BCUT2D eigenvalue weighted by atomic mass is 16.5. The van der Waals surface area contributed by atoms with Gasteiger partial charge in [0.2, 0.25) is 0 Å². The molecule has 2 aromatic carbocycles. The molecule has 0 spiro atoms. The number of hydrogen-bond acceptors (Lipinski definition) is 2. The second-order valence-electron chi connectivity index (χ2n) is 5.72. The van der Waals surface area contributed by atoms with Crippen LogP contribution in [0.25, 0.3) is 0 Å². The molecule has 0 amide bonds. The van der Waals surface area contributed by atoms with Crippen LogP contribution in [0.4, 0.5) is 5.69 Å². The number of benzene rings is 2. The summed E-state index contributed by atoms with van der Waals surface area (Å²) >= 11 is 0. The van der Waals surface area contributed by atoms with Crippen molar-refractivity contribution in [1.82, 2.24) is 0 Å². The molecule has 0 saturated carbocycles. The summed E-state index contributed by atoms with van der Waals surface area (Å²) in [6.45, 7) is 9.30. The maximum absolute atomic E-state index is 6.04. The van der Waals surface area contributed by atoms with E-state index in [0.29, 0.717) is 0 Å². The van der Waals surface area contributed by atoms with Gasteiger partial charge in [0.1, 0.15) is 11.9 Å². The fourth-order valence-corrected chi connectivity index (χ4v) is 2.39. The third-order valence-electron chi connectivity index (χ3n) is 3.53. The Balaban J connectivity index is 1.94. The maximum atomic E-state index is 6.04. The first-order valence-corrected chi connectivity index (χ1v) is 7.62. The van der Waals surface area contributed by atoms with Crippen LogP contribution in [0.2, 0.25) is 0 Å². The Morgan fingerprint density at radius 2 is 1.52 bits per heavy atom. The molecule has 2 rings (SSSR count). The normalized spacial score (nSPS) is 12.0. The average molecular weight is 283 g/mol. The minimum Gasteiger partial charge on any atom is -0.489 e. The summed E-state index contributed by atoms with van der Waals surface area (Å²) in [6, 6.07) is 14.8. The van der Waals surface area contributed by atoms with E-state index in [1.807, 2.05) is 12.1 Å². The van der Waals surface area contributed by atoms with Crippen LogP contribution >= 0.6 is 0 Å². The summed E-state index contributed by atoms with van der Waals surface area (Å²) in [5.74, 6) is 0.940. The van der Waals surface area contributed by atoms with E-state index in [0.717, 1.165) is 18.7 Å². The van der Waals surface area contributed by atoms with E-state index in [4.69, 9.17) is 4.74 Å². The van der Waals surface area contributed by atoms with E-state index in [2.05, 4.69) is 63.3 Å². The summed E-state index contributed by atoms with van der Waals surface area (Å²) in [4.78, 5) is 0. The molecule has 0 aliphatic heterocycles. The Kier molecular flexibility index (Phi) is 5.26. The van der Waals surface area contributed by atoms with Crippen LogP contribution in [-0.2, 0) is 0 Å². The molecule has 0 aromatic heterocycles. The van der Waals surface area contributed by atoms with Crippen molar-refractivity contribution in [1.29, 1.82) is 0 Å². The van der Waals surface area contributed by atoms with Crippen molar-refractivity contribution >= 4 is 5.69 Å². The Bertz CT molecular complexity index is 554. The van der Waals surface area contributed by atoms with Crippen molar-refractivity contribution < 1.29 is 4.74 Å². The van der Waals surface area contributed by atoms with Crippen molar-refractivity contribution in [3.63, 3.8) is 0 Å². The number of anilines is 1. The highest BCUT2D eigenvalue weighted by Crippen LogP contribution is 2.17. The Hall–Kier alpha value is -1.96. The summed E-state index contributed by atoms with van der Waals surface area (Å²) < 4.78 is 6.04. The molecule has 0 bridgehead atoms. The minimum atomic E-state index is 0.175. The van der Waals surface area contributed by atoms with Crippen LogP contribution in [0.5, 0.6) is 5.75 Å². The molecule has 0 saturated heterocycles. The topological polar surface area (TPSA) is 21.3 Å². The molecule has 0 aliphatic rings. The molecule has 0 heterocycles. The lowest BCUT2D eigenvalue weighted by Crippen LogP contribution is -2.25. The van der Waals surface area contributed by atoms with Crippen molar-refractivity contribution in [3.8, 4) is 5.75 Å². The highest BCUT2D eigenvalue weighted by molar-refractivity contribution is 5.48. The van der Waals surface area contributed by atoms with Crippen molar-refractivity contribution in [3.05, 3.63) is 59.2 Å². The molecule has 0 unspecified atom stereocenters. The van der Waals surface area contributed by atoms with Crippen LogP contribution in [0.1, 0.15) is 30.0 Å². The number of aryl methyl sites for hydroxylation is 3. The quantitative estimate of drug-likeness (QED) is 0.815. The van der Waals surface area contributed by atoms with Gasteiger partial charge in [-0.05, 0) is 62.6 Å². The summed E-state index contributed by atoms with van der Waals surface area (Å²) in [6.07, 6.45) is 1.15. The average Bonchev–Trinajstić information content (AvgIpc) is 2.44. The molecule has 2 heteroatoms.